The minimum atomic E-state index is -0.875. The second-order valence-corrected chi connectivity index (χ2v) is 3.41. The third kappa shape index (κ3) is 3.25. The van der Waals surface area contributed by atoms with Crippen molar-refractivity contribution in [3.63, 3.8) is 0 Å². The van der Waals surface area contributed by atoms with Gasteiger partial charge in [-0.2, -0.15) is 0 Å². The van der Waals surface area contributed by atoms with Crippen LogP contribution in [0.3, 0.4) is 0 Å². The quantitative estimate of drug-likeness (QED) is 0.644. The maximum Gasteiger partial charge on any atom is 0.277 e. The van der Waals surface area contributed by atoms with Gasteiger partial charge in [-0.25, -0.2) is 5.06 Å². The van der Waals surface area contributed by atoms with Crippen LogP contribution in [-0.4, -0.2) is 49.6 Å². The number of aliphatic hydroxyl groups excluding tert-OH is 1. The molecule has 0 aromatic rings. The van der Waals surface area contributed by atoms with Crippen LogP contribution in [0.15, 0.2) is 0 Å². The highest BCUT2D eigenvalue weighted by Crippen LogP contribution is 2.11. The lowest BCUT2D eigenvalue weighted by Crippen LogP contribution is -2.45. The van der Waals surface area contributed by atoms with Crippen LogP contribution in [0.1, 0.15) is 13.8 Å². The Morgan fingerprint density at radius 1 is 1.36 bits per heavy atom. The highest BCUT2D eigenvalue weighted by molar-refractivity contribution is 5.80. The number of likely N-dealkylation sites (N-methyl/N-ethyl adjacent to an activating group) is 1. The Morgan fingerprint density at radius 2 is 1.86 bits per heavy atom. The van der Waals surface area contributed by atoms with E-state index in [1.165, 1.54) is 21.3 Å². The van der Waals surface area contributed by atoms with Crippen molar-refractivity contribution in [2.75, 3.05) is 21.3 Å². The zero-order valence-corrected chi connectivity index (χ0v) is 9.35. The van der Waals surface area contributed by atoms with Crippen molar-refractivity contribution < 1.29 is 19.5 Å². The molecule has 0 aliphatic carbocycles. The Bertz CT molecular complexity index is 184. The zero-order valence-electron chi connectivity index (χ0n) is 9.35. The molecule has 0 radical (unpaired) electrons. The van der Waals surface area contributed by atoms with Crippen molar-refractivity contribution in [3.05, 3.63) is 0 Å². The largest absolute Gasteiger partial charge is 0.390 e. The SMILES string of the molecule is CO[C@@H](C(=O)N(C)OC)[C@H](O)C(C)C. The van der Waals surface area contributed by atoms with Crippen LogP contribution in [0.5, 0.6) is 0 Å². The maximum absolute atomic E-state index is 11.6. The van der Waals surface area contributed by atoms with Gasteiger partial charge in [-0.05, 0) is 5.92 Å². The average molecular weight is 205 g/mol. The number of hydroxylamine groups is 2. The first-order valence-electron chi connectivity index (χ1n) is 4.48. The second-order valence-electron chi connectivity index (χ2n) is 3.41. The molecule has 0 saturated carbocycles. The van der Waals surface area contributed by atoms with E-state index < -0.39 is 18.1 Å². The minimum Gasteiger partial charge on any atom is -0.390 e. The molecule has 0 aromatic heterocycles. The van der Waals surface area contributed by atoms with E-state index in [4.69, 9.17) is 9.57 Å². The standard InChI is InChI=1S/C9H19NO4/c1-6(2)7(11)8(13-4)9(12)10(3)14-5/h6-8,11H,1-5H3/t7-,8-/m1/s1. The topological polar surface area (TPSA) is 59.0 Å². The van der Waals surface area contributed by atoms with E-state index >= 15 is 0 Å². The summed E-state index contributed by atoms with van der Waals surface area (Å²) in [7, 11) is 4.24. The molecule has 5 nitrogen and oxygen atoms in total. The zero-order chi connectivity index (χ0) is 11.3. The fourth-order valence-electron chi connectivity index (χ4n) is 1.01. The Balaban J connectivity index is 4.47. The third-order valence-electron chi connectivity index (χ3n) is 2.07. The fraction of sp³-hybridized carbons (Fsp3) is 0.889. The monoisotopic (exact) mass is 205 g/mol. The summed E-state index contributed by atoms with van der Waals surface area (Å²) < 4.78 is 4.94. The first-order valence-corrected chi connectivity index (χ1v) is 4.48. The summed E-state index contributed by atoms with van der Waals surface area (Å²) >= 11 is 0. The molecule has 0 fully saturated rings. The van der Waals surface area contributed by atoms with Gasteiger partial charge >= 0.3 is 0 Å². The Kier molecular flexibility index (Phi) is 5.68. The van der Waals surface area contributed by atoms with Crippen molar-refractivity contribution in [2.24, 2.45) is 5.92 Å². The summed E-state index contributed by atoms with van der Waals surface area (Å²) in [5.74, 6) is -0.439. The molecule has 0 aliphatic heterocycles. The summed E-state index contributed by atoms with van der Waals surface area (Å²) in [4.78, 5) is 16.3. The number of carbonyl (C=O) groups is 1. The molecule has 0 aliphatic rings. The lowest BCUT2D eigenvalue weighted by Gasteiger charge is -2.26. The van der Waals surface area contributed by atoms with Gasteiger partial charge in [0.15, 0.2) is 6.10 Å². The number of carbonyl (C=O) groups excluding carboxylic acids is 1. The highest BCUT2D eigenvalue weighted by Gasteiger charge is 2.31. The molecule has 0 unspecified atom stereocenters. The van der Waals surface area contributed by atoms with Crippen LogP contribution in [0.4, 0.5) is 0 Å². The van der Waals surface area contributed by atoms with Crippen molar-refractivity contribution in [3.8, 4) is 0 Å². The normalized spacial score (nSPS) is 15.4. The summed E-state index contributed by atoms with van der Waals surface area (Å²) in [6, 6.07) is 0. The predicted octanol–water partition coefficient (Wildman–Crippen LogP) is 0.0381. The smallest absolute Gasteiger partial charge is 0.277 e. The van der Waals surface area contributed by atoms with Gasteiger partial charge in [0.25, 0.3) is 5.91 Å². The Morgan fingerprint density at radius 3 is 2.14 bits per heavy atom. The maximum atomic E-state index is 11.6. The lowest BCUT2D eigenvalue weighted by atomic mass is 10.0. The summed E-state index contributed by atoms with van der Waals surface area (Å²) in [6.07, 6.45) is -1.70. The van der Waals surface area contributed by atoms with Crippen molar-refractivity contribution >= 4 is 5.91 Å². The second kappa shape index (κ2) is 5.95. The van der Waals surface area contributed by atoms with Gasteiger partial charge < -0.3 is 9.84 Å². The van der Waals surface area contributed by atoms with Crippen LogP contribution in [-0.2, 0) is 14.4 Å². The molecule has 14 heavy (non-hydrogen) atoms. The number of nitrogens with zero attached hydrogens (tertiary/aromatic N) is 1. The third-order valence-corrected chi connectivity index (χ3v) is 2.07. The lowest BCUT2D eigenvalue weighted by molar-refractivity contribution is -0.186. The molecule has 0 heterocycles. The van der Waals surface area contributed by atoms with Gasteiger partial charge in [0.1, 0.15) is 0 Å². The van der Waals surface area contributed by atoms with Crippen LogP contribution in [0, 0.1) is 5.92 Å². The van der Waals surface area contributed by atoms with Crippen LogP contribution >= 0.6 is 0 Å². The van der Waals surface area contributed by atoms with Crippen LogP contribution in [0.25, 0.3) is 0 Å². The molecule has 1 N–H and O–H groups in total. The van der Waals surface area contributed by atoms with E-state index in [0.717, 1.165) is 5.06 Å². The molecule has 0 spiro atoms. The van der Waals surface area contributed by atoms with E-state index in [1.807, 2.05) is 13.8 Å². The number of methoxy groups -OCH3 is 1. The van der Waals surface area contributed by atoms with Crippen molar-refractivity contribution in [1.82, 2.24) is 5.06 Å². The highest BCUT2D eigenvalue weighted by atomic mass is 16.7. The Hall–Kier alpha value is -0.650. The molecular formula is C9H19NO4. The summed E-state index contributed by atoms with van der Waals surface area (Å²) in [5, 5.41) is 10.7. The van der Waals surface area contributed by atoms with E-state index in [1.54, 1.807) is 0 Å². The predicted molar refractivity (Wildman–Crippen MR) is 51.4 cm³/mol. The first kappa shape index (κ1) is 13.4. The van der Waals surface area contributed by atoms with E-state index in [2.05, 4.69) is 0 Å². The van der Waals surface area contributed by atoms with Gasteiger partial charge in [-0.1, -0.05) is 13.8 Å². The number of rotatable bonds is 5. The summed E-state index contributed by atoms with van der Waals surface area (Å²) in [5.41, 5.74) is 0. The minimum absolute atomic E-state index is 0.0471. The molecule has 2 atom stereocenters. The molecule has 0 aromatic carbocycles. The molecule has 84 valence electrons. The molecule has 1 amide bonds. The number of aliphatic hydroxyl groups is 1. The average Bonchev–Trinajstić information content (AvgIpc) is 2.17. The molecule has 0 rings (SSSR count). The number of amides is 1. The van der Waals surface area contributed by atoms with Gasteiger partial charge in [0.2, 0.25) is 0 Å². The van der Waals surface area contributed by atoms with Crippen molar-refractivity contribution in [1.29, 1.82) is 0 Å². The number of hydrogen-bond acceptors (Lipinski definition) is 4. The van der Waals surface area contributed by atoms with Crippen molar-refractivity contribution in [2.45, 2.75) is 26.1 Å². The molecular weight excluding hydrogens is 186 g/mol. The van der Waals surface area contributed by atoms with Gasteiger partial charge in [0, 0.05) is 14.2 Å². The van der Waals surface area contributed by atoms with Crippen LogP contribution in [0.2, 0.25) is 0 Å². The van der Waals surface area contributed by atoms with Gasteiger partial charge in [-0.15, -0.1) is 0 Å². The van der Waals surface area contributed by atoms with E-state index in [-0.39, 0.29) is 5.92 Å². The van der Waals surface area contributed by atoms with Gasteiger partial charge in [-0.3, -0.25) is 9.63 Å². The number of hydrogen-bond donors (Lipinski definition) is 1. The van der Waals surface area contributed by atoms with Gasteiger partial charge in [0.05, 0.1) is 13.2 Å². The number of ether oxygens (including phenoxy) is 1. The van der Waals surface area contributed by atoms with Crippen LogP contribution < -0.4 is 0 Å². The summed E-state index contributed by atoms with van der Waals surface area (Å²) in [6.45, 7) is 3.63. The molecule has 0 bridgehead atoms. The first-order chi connectivity index (χ1) is 6.45. The van der Waals surface area contributed by atoms with E-state index in [9.17, 15) is 9.90 Å². The molecule has 5 heteroatoms. The van der Waals surface area contributed by atoms with E-state index in [0.29, 0.717) is 0 Å². The Labute approximate surface area is 84.6 Å². The molecule has 0 saturated heterocycles. The fourth-order valence-corrected chi connectivity index (χ4v) is 1.01.